The van der Waals surface area contributed by atoms with Crippen LogP contribution in [0.1, 0.15) is 25.5 Å². The van der Waals surface area contributed by atoms with E-state index in [9.17, 15) is 0 Å². The van der Waals surface area contributed by atoms with E-state index < -0.39 is 0 Å². The highest BCUT2D eigenvalue weighted by molar-refractivity contribution is 5.45. The fourth-order valence-electron chi connectivity index (χ4n) is 1.16. The van der Waals surface area contributed by atoms with Crippen molar-refractivity contribution < 1.29 is 0 Å². The van der Waals surface area contributed by atoms with E-state index in [0.717, 1.165) is 11.2 Å². The number of aromatic nitrogens is 3. The number of fused-ring (bicyclic) bond motifs is 1. The lowest BCUT2D eigenvalue weighted by Crippen LogP contribution is -1.95. The first-order valence-electron chi connectivity index (χ1n) is 4.06. The third kappa shape index (κ3) is 1.07. The van der Waals surface area contributed by atoms with Crippen LogP contribution >= 0.6 is 0 Å². The van der Waals surface area contributed by atoms with E-state index in [2.05, 4.69) is 30.0 Å². The molecule has 0 unspecified atom stereocenters. The SMILES string of the molecule is CC(C)c1cc2ccnn2cn1. The fourth-order valence-corrected chi connectivity index (χ4v) is 1.16. The first kappa shape index (κ1) is 7.28. The molecule has 0 aromatic carbocycles. The highest BCUT2D eigenvalue weighted by Gasteiger charge is 2.01. The molecule has 0 amide bonds. The Hall–Kier alpha value is -1.38. The summed E-state index contributed by atoms with van der Waals surface area (Å²) in [5, 5.41) is 4.07. The van der Waals surface area contributed by atoms with Crippen LogP contribution in [-0.2, 0) is 0 Å². The third-order valence-electron chi connectivity index (χ3n) is 1.90. The van der Waals surface area contributed by atoms with Crippen LogP contribution in [0.4, 0.5) is 0 Å². The van der Waals surface area contributed by atoms with E-state index in [-0.39, 0.29) is 0 Å². The maximum atomic E-state index is 4.28. The van der Waals surface area contributed by atoms with Crippen molar-refractivity contribution in [2.45, 2.75) is 19.8 Å². The lowest BCUT2D eigenvalue weighted by Gasteiger charge is -2.02. The summed E-state index contributed by atoms with van der Waals surface area (Å²) in [4.78, 5) is 4.28. The number of nitrogens with zero attached hydrogens (tertiary/aromatic N) is 3. The van der Waals surface area contributed by atoms with Gasteiger partial charge < -0.3 is 0 Å². The number of rotatable bonds is 1. The second kappa shape index (κ2) is 2.59. The standard InChI is InChI=1S/C9H11N3/c1-7(2)9-5-8-3-4-11-12(8)6-10-9/h3-7H,1-2H3. The van der Waals surface area contributed by atoms with Crippen LogP contribution in [0.5, 0.6) is 0 Å². The fraction of sp³-hybridized carbons (Fsp3) is 0.333. The summed E-state index contributed by atoms with van der Waals surface area (Å²) in [6.07, 6.45) is 3.53. The highest BCUT2D eigenvalue weighted by atomic mass is 15.2. The van der Waals surface area contributed by atoms with Gasteiger partial charge in [0, 0.05) is 5.69 Å². The van der Waals surface area contributed by atoms with Crippen LogP contribution in [0.3, 0.4) is 0 Å². The van der Waals surface area contributed by atoms with E-state index in [4.69, 9.17) is 0 Å². The van der Waals surface area contributed by atoms with Crippen LogP contribution < -0.4 is 0 Å². The van der Waals surface area contributed by atoms with Gasteiger partial charge in [0.25, 0.3) is 0 Å². The minimum atomic E-state index is 0.477. The number of hydrogen-bond donors (Lipinski definition) is 0. The Balaban J connectivity index is 2.60. The van der Waals surface area contributed by atoms with Crippen molar-refractivity contribution in [2.75, 3.05) is 0 Å². The summed E-state index contributed by atoms with van der Waals surface area (Å²) >= 11 is 0. The molecule has 0 N–H and O–H groups in total. The van der Waals surface area contributed by atoms with E-state index >= 15 is 0 Å². The molecule has 0 atom stereocenters. The molecular formula is C9H11N3. The summed E-state index contributed by atoms with van der Waals surface area (Å²) in [7, 11) is 0. The van der Waals surface area contributed by atoms with Gasteiger partial charge in [0.2, 0.25) is 0 Å². The van der Waals surface area contributed by atoms with Crippen LogP contribution in [0.25, 0.3) is 5.52 Å². The van der Waals surface area contributed by atoms with Gasteiger partial charge in [-0.1, -0.05) is 13.8 Å². The Morgan fingerprint density at radius 1 is 1.42 bits per heavy atom. The van der Waals surface area contributed by atoms with Gasteiger partial charge >= 0.3 is 0 Å². The molecule has 0 spiro atoms. The van der Waals surface area contributed by atoms with E-state index in [0.29, 0.717) is 5.92 Å². The van der Waals surface area contributed by atoms with E-state index in [1.165, 1.54) is 0 Å². The molecule has 0 aliphatic carbocycles. The first-order chi connectivity index (χ1) is 5.77. The van der Waals surface area contributed by atoms with Crippen LogP contribution in [0.2, 0.25) is 0 Å². The summed E-state index contributed by atoms with van der Waals surface area (Å²) in [6.45, 7) is 4.27. The Morgan fingerprint density at radius 3 is 3.00 bits per heavy atom. The molecule has 62 valence electrons. The van der Waals surface area contributed by atoms with Gasteiger partial charge in [-0.15, -0.1) is 0 Å². The van der Waals surface area contributed by atoms with Crippen molar-refractivity contribution in [3.8, 4) is 0 Å². The van der Waals surface area contributed by atoms with Gasteiger partial charge in [0.15, 0.2) is 0 Å². The van der Waals surface area contributed by atoms with Crippen molar-refractivity contribution in [3.05, 3.63) is 30.4 Å². The minimum Gasteiger partial charge on any atom is -0.241 e. The van der Waals surface area contributed by atoms with Gasteiger partial charge in [-0.05, 0) is 18.1 Å². The molecule has 3 heteroatoms. The topological polar surface area (TPSA) is 30.2 Å². The highest BCUT2D eigenvalue weighted by Crippen LogP contribution is 2.12. The third-order valence-corrected chi connectivity index (χ3v) is 1.90. The zero-order chi connectivity index (χ0) is 8.55. The molecule has 2 heterocycles. The van der Waals surface area contributed by atoms with Gasteiger partial charge in [0.1, 0.15) is 6.33 Å². The van der Waals surface area contributed by atoms with Gasteiger partial charge in [-0.3, -0.25) is 0 Å². The average Bonchev–Trinajstić information content (AvgIpc) is 2.49. The summed E-state index contributed by atoms with van der Waals surface area (Å²) in [5.74, 6) is 0.477. The molecule has 2 aromatic heterocycles. The predicted molar refractivity (Wildman–Crippen MR) is 47.1 cm³/mol. The minimum absolute atomic E-state index is 0.477. The Morgan fingerprint density at radius 2 is 2.25 bits per heavy atom. The second-order valence-electron chi connectivity index (χ2n) is 3.17. The van der Waals surface area contributed by atoms with Crippen molar-refractivity contribution in [1.29, 1.82) is 0 Å². The molecule has 0 bridgehead atoms. The van der Waals surface area contributed by atoms with E-state index in [1.54, 1.807) is 17.0 Å². The zero-order valence-corrected chi connectivity index (χ0v) is 7.23. The summed E-state index contributed by atoms with van der Waals surface area (Å²) in [6, 6.07) is 4.05. The maximum absolute atomic E-state index is 4.28. The molecule has 3 nitrogen and oxygen atoms in total. The van der Waals surface area contributed by atoms with Crippen LogP contribution in [0.15, 0.2) is 24.7 Å². The number of hydrogen-bond acceptors (Lipinski definition) is 2. The zero-order valence-electron chi connectivity index (χ0n) is 7.23. The van der Waals surface area contributed by atoms with Gasteiger partial charge in [-0.2, -0.15) is 5.10 Å². The molecule has 0 aliphatic heterocycles. The molecule has 0 saturated carbocycles. The molecule has 12 heavy (non-hydrogen) atoms. The monoisotopic (exact) mass is 161 g/mol. The van der Waals surface area contributed by atoms with Crippen LogP contribution in [0, 0.1) is 0 Å². The molecular weight excluding hydrogens is 150 g/mol. The molecule has 2 rings (SSSR count). The van der Waals surface area contributed by atoms with Crippen molar-refractivity contribution >= 4 is 5.52 Å². The van der Waals surface area contributed by atoms with Crippen molar-refractivity contribution in [2.24, 2.45) is 0 Å². The molecule has 2 aromatic rings. The van der Waals surface area contributed by atoms with Crippen molar-refractivity contribution in [3.63, 3.8) is 0 Å². The lowest BCUT2D eigenvalue weighted by molar-refractivity contribution is 0.798. The summed E-state index contributed by atoms with van der Waals surface area (Å²) in [5.41, 5.74) is 2.22. The summed E-state index contributed by atoms with van der Waals surface area (Å²) < 4.78 is 1.77. The molecule has 0 radical (unpaired) electrons. The van der Waals surface area contributed by atoms with Gasteiger partial charge in [-0.25, -0.2) is 9.50 Å². The largest absolute Gasteiger partial charge is 0.241 e. The Bertz CT molecular complexity index is 389. The molecule has 0 fully saturated rings. The predicted octanol–water partition coefficient (Wildman–Crippen LogP) is 1.85. The first-order valence-corrected chi connectivity index (χ1v) is 4.06. The van der Waals surface area contributed by atoms with E-state index in [1.807, 2.05) is 6.07 Å². The molecule has 0 aliphatic rings. The maximum Gasteiger partial charge on any atom is 0.117 e. The van der Waals surface area contributed by atoms with Crippen LogP contribution in [-0.4, -0.2) is 14.6 Å². The normalized spacial score (nSPS) is 11.2. The quantitative estimate of drug-likeness (QED) is 0.639. The van der Waals surface area contributed by atoms with Crippen molar-refractivity contribution in [1.82, 2.24) is 14.6 Å². The van der Waals surface area contributed by atoms with Gasteiger partial charge in [0.05, 0.1) is 11.7 Å². The molecule has 0 saturated heterocycles. The lowest BCUT2D eigenvalue weighted by atomic mass is 10.1. The smallest absolute Gasteiger partial charge is 0.117 e. The Labute approximate surface area is 71.1 Å². The Kier molecular flexibility index (Phi) is 1.57. The average molecular weight is 161 g/mol. The second-order valence-corrected chi connectivity index (χ2v) is 3.17.